The van der Waals surface area contributed by atoms with Crippen LogP contribution in [0.15, 0.2) is 24.3 Å². The molecule has 1 aliphatic rings. The first kappa shape index (κ1) is 15.4. The molecule has 5 heteroatoms. The van der Waals surface area contributed by atoms with Crippen LogP contribution >= 0.6 is 0 Å². The number of hydrogen-bond donors (Lipinski definition) is 3. The molecule has 0 heterocycles. The number of carbonyl (C=O) groups excluding carboxylic acids is 1. The van der Waals surface area contributed by atoms with E-state index in [2.05, 4.69) is 5.32 Å². The van der Waals surface area contributed by atoms with Crippen LogP contribution in [0.3, 0.4) is 0 Å². The van der Waals surface area contributed by atoms with E-state index >= 15 is 0 Å². The maximum absolute atomic E-state index is 12.1. The molecule has 0 saturated heterocycles. The van der Waals surface area contributed by atoms with Gasteiger partial charge in [-0.15, -0.1) is 0 Å². The van der Waals surface area contributed by atoms with Gasteiger partial charge in [-0.1, -0.05) is 37.8 Å². The van der Waals surface area contributed by atoms with Gasteiger partial charge >= 0.3 is 5.97 Å². The summed E-state index contributed by atoms with van der Waals surface area (Å²) in [7, 11) is 0. The van der Waals surface area contributed by atoms with Crippen LogP contribution in [0, 0.1) is 5.41 Å². The summed E-state index contributed by atoms with van der Waals surface area (Å²) in [6, 6.07) is 6.25. The van der Waals surface area contributed by atoms with Gasteiger partial charge in [-0.25, -0.2) is 0 Å². The minimum Gasteiger partial charge on any atom is -0.507 e. The maximum Gasteiger partial charge on any atom is 0.311 e. The molecule has 0 unspecified atom stereocenters. The van der Waals surface area contributed by atoms with E-state index in [0.29, 0.717) is 12.8 Å². The fourth-order valence-corrected chi connectivity index (χ4v) is 2.88. The van der Waals surface area contributed by atoms with E-state index in [0.717, 1.165) is 25.7 Å². The van der Waals surface area contributed by atoms with E-state index in [-0.39, 0.29) is 17.9 Å². The van der Waals surface area contributed by atoms with Crippen LogP contribution in [0.2, 0.25) is 0 Å². The molecule has 1 fully saturated rings. The summed E-state index contributed by atoms with van der Waals surface area (Å²) >= 11 is 0. The van der Waals surface area contributed by atoms with Crippen molar-refractivity contribution in [1.82, 2.24) is 5.32 Å². The quantitative estimate of drug-likeness (QED) is 0.744. The molecule has 1 aromatic carbocycles. The van der Waals surface area contributed by atoms with Crippen molar-refractivity contribution in [2.24, 2.45) is 5.41 Å². The molecule has 1 aromatic rings. The number of benzene rings is 1. The Balaban J connectivity index is 2.07. The second-order valence-corrected chi connectivity index (χ2v) is 5.70. The number of aromatic hydroxyl groups is 1. The number of para-hydroxylation sites is 1. The molecule has 0 aliphatic heterocycles. The molecule has 3 N–H and O–H groups in total. The Hall–Kier alpha value is -2.04. The van der Waals surface area contributed by atoms with E-state index < -0.39 is 17.3 Å². The highest BCUT2D eigenvalue weighted by Crippen LogP contribution is 2.35. The largest absolute Gasteiger partial charge is 0.507 e. The van der Waals surface area contributed by atoms with E-state index in [1.165, 1.54) is 12.1 Å². The lowest BCUT2D eigenvalue weighted by molar-refractivity contribution is -0.149. The van der Waals surface area contributed by atoms with Gasteiger partial charge in [-0.3, -0.25) is 9.59 Å². The Kier molecular flexibility index (Phi) is 4.83. The zero-order valence-electron chi connectivity index (χ0n) is 12.0. The molecule has 5 nitrogen and oxygen atoms in total. The Morgan fingerprint density at radius 1 is 1.10 bits per heavy atom. The molecule has 1 saturated carbocycles. The topological polar surface area (TPSA) is 86.6 Å². The van der Waals surface area contributed by atoms with Crippen LogP contribution < -0.4 is 5.32 Å². The molecule has 1 aliphatic carbocycles. The minimum absolute atomic E-state index is 0.0970. The first-order valence-corrected chi connectivity index (χ1v) is 7.35. The third kappa shape index (κ3) is 3.54. The van der Waals surface area contributed by atoms with Crippen LogP contribution in [-0.4, -0.2) is 28.6 Å². The summed E-state index contributed by atoms with van der Waals surface area (Å²) in [5.74, 6) is -1.37. The highest BCUT2D eigenvalue weighted by atomic mass is 16.4. The lowest BCUT2D eigenvalue weighted by Gasteiger charge is -2.28. The summed E-state index contributed by atoms with van der Waals surface area (Å²) in [6.45, 7) is 0.107. The number of amides is 1. The van der Waals surface area contributed by atoms with Crippen LogP contribution in [0.5, 0.6) is 5.75 Å². The Morgan fingerprint density at radius 2 is 1.71 bits per heavy atom. The fourth-order valence-electron chi connectivity index (χ4n) is 2.88. The van der Waals surface area contributed by atoms with Gasteiger partial charge in [0.25, 0.3) is 5.91 Å². The third-order valence-electron chi connectivity index (χ3n) is 4.25. The molecule has 0 bridgehead atoms. The monoisotopic (exact) mass is 291 g/mol. The standard InChI is InChI=1S/C16H21NO4/c18-13-8-4-3-7-12(13)14(19)17-11-16(15(20)21)9-5-1-2-6-10-16/h3-4,7-8,18H,1-2,5-6,9-11H2,(H,17,19)(H,20,21). The molecule has 114 valence electrons. The molecule has 0 radical (unpaired) electrons. The van der Waals surface area contributed by atoms with E-state index in [1.807, 2.05) is 0 Å². The van der Waals surface area contributed by atoms with Gasteiger partial charge in [0.2, 0.25) is 0 Å². The molecular weight excluding hydrogens is 270 g/mol. The summed E-state index contributed by atoms with van der Waals surface area (Å²) in [5.41, 5.74) is -0.706. The van der Waals surface area contributed by atoms with Crippen molar-refractivity contribution in [2.75, 3.05) is 6.54 Å². The van der Waals surface area contributed by atoms with Crippen molar-refractivity contribution in [3.05, 3.63) is 29.8 Å². The fraction of sp³-hybridized carbons (Fsp3) is 0.500. The minimum atomic E-state index is -0.878. The van der Waals surface area contributed by atoms with Crippen molar-refractivity contribution in [1.29, 1.82) is 0 Å². The second kappa shape index (κ2) is 6.61. The Morgan fingerprint density at radius 3 is 2.29 bits per heavy atom. The SMILES string of the molecule is O=C(NCC1(C(=O)O)CCCCCC1)c1ccccc1O. The summed E-state index contributed by atoms with van der Waals surface area (Å²) in [6.07, 6.45) is 5.01. The zero-order chi connectivity index (χ0) is 15.3. The van der Waals surface area contributed by atoms with Crippen LogP contribution in [0.1, 0.15) is 48.9 Å². The highest BCUT2D eigenvalue weighted by Gasteiger charge is 2.39. The van der Waals surface area contributed by atoms with Gasteiger partial charge in [0, 0.05) is 6.54 Å². The number of rotatable bonds is 4. The lowest BCUT2D eigenvalue weighted by atomic mass is 9.80. The van der Waals surface area contributed by atoms with Gasteiger partial charge in [-0.2, -0.15) is 0 Å². The summed E-state index contributed by atoms with van der Waals surface area (Å²) < 4.78 is 0. The lowest BCUT2D eigenvalue weighted by Crippen LogP contribution is -2.42. The van der Waals surface area contributed by atoms with Crippen LogP contribution in [0.25, 0.3) is 0 Å². The number of aliphatic carboxylic acids is 1. The molecule has 0 aromatic heterocycles. The predicted octanol–water partition coefficient (Wildman–Crippen LogP) is 2.55. The Labute approximate surface area is 124 Å². The van der Waals surface area contributed by atoms with Gasteiger partial charge in [0.1, 0.15) is 5.75 Å². The number of nitrogens with one attached hydrogen (secondary N) is 1. The third-order valence-corrected chi connectivity index (χ3v) is 4.25. The van der Waals surface area contributed by atoms with E-state index in [9.17, 15) is 19.8 Å². The molecular formula is C16H21NO4. The maximum atomic E-state index is 12.1. The average Bonchev–Trinajstić information content (AvgIpc) is 2.72. The zero-order valence-corrected chi connectivity index (χ0v) is 12.0. The number of phenolic OH excluding ortho intramolecular Hbond substituents is 1. The number of phenols is 1. The van der Waals surface area contributed by atoms with Crippen molar-refractivity contribution in [3.8, 4) is 5.75 Å². The van der Waals surface area contributed by atoms with Crippen molar-refractivity contribution >= 4 is 11.9 Å². The first-order valence-electron chi connectivity index (χ1n) is 7.35. The molecule has 21 heavy (non-hydrogen) atoms. The summed E-state index contributed by atoms with van der Waals surface area (Å²) in [4.78, 5) is 23.7. The van der Waals surface area contributed by atoms with Gasteiger partial charge in [0.05, 0.1) is 11.0 Å². The second-order valence-electron chi connectivity index (χ2n) is 5.70. The number of carboxylic acid groups (broad SMARTS) is 1. The van der Waals surface area contributed by atoms with Gasteiger partial charge in [0.15, 0.2) is 0 Å². The van der Waals surface area contributed by atoms with Crippen molar-refractivity contribution < 1.29 is 19.8 Å². The number of hydrogen-bond acceptors (Lipinski definition) is 3. The Bertz CT molecular complexity index is 519. The number of carboxylic acids is 1. The highest BCUT2D eigenvalue weighted by molar-refractivity contribution is 5.97. The molecule has 0 atom stereocenters. The van der Waals surface area contributed by atoms with E-state index in [1.54, 1.807) is 12.1 Å². The van der Waals surface area contributed by atoms with Crippen molar-refractivity contribution in [2.45, 2.75) is 38.5 Å². The van der Waals surface area contributed by atoms with Crippen LogP contribution in [-0.2, 0) is 4.79 Å². The number of carbonyl (C=O) groups is 2. The van der Waals surface area contributed by atoms with E-state index in [4.69, 9.17) is 0 Å². The van der Waals surface area contributed by atoms with Gasteiger partial charge in [-0.05, 0) is 25.0 Å². The first-order chi connectivity index (χ1) is 10.1. The van der Waals surface area contributed by atoms with Crippen LogP contribution in [0.4, 0.5) is 0 Å². The average molecular weight is 291 g/mol. The summed E-state index contributed by atoms with van der Waals surface area (Å²) in [5, 5.41) is 21.9. The normalized spacial score (nSPS) is 17.7. The smallest absolute Gasteiger partial charge is 0.311 e. The van der Waals surface area contributed by atoms with Gasteiger partial charge < -0.3 is 15.5 Å². The van der Waals surface area contributed by atoms with Crippen molar-refractivity contribution in [3.63, 3.8) is 0 Å². The molecule has 2 rings (SSSR count). The molecule has 0 spiro atoms. The predicted molar refractivity (Wildman–Crippen MR) is 78.2 cm³/mol. The molecule has 1 amide bonds.